The van der Waals surface area contributed by atoms with Crippen molar-refractivity contribution in [1.29, 1.82) is 0 Å². The fourth-order valence-electron chi connectivity index (χ4n) is 1.69. The van der Waals surface area contributed by atoms with Gasteiger partial charge in [0.2, 0.25) is 0 Å². The second-order valence-corrected chi connectivity index (χ2v) is 6.09. The number of nitrogens with one attached hydrogen (secondary N) is 2. The van der Waals surface area contributed by atoms with Crippen LogP contribution in [0, 0.1) is 17.8 Å². The molecule has 2 N–H and O–H groups in total. The molecule has 0 aliphatic heterocycles. The Morgan fingerprint density at radius 1 is 1.00 bits per heavy atom. The second-order valence-electron chi connectivity index (χ2n) is 4.50. The minimum Gasteiger partial charge on any atom is -0.203 e. The zero-order valence-corrected chi connectivity index (χ0v) is 11.2. The summed E-state index contributed by atoms with van der Waals surface area (Å²) in [5.41, 5.74) is 0. The van der Waals surface area contributed by atoms with Gasteiger partial charge in [-0.25, -0.2) is 9.44 Å². The summed E-state index contributed by atoms with van der Waals surface area (Å²) in [6, 6.07) is 0. The summed E-state index contributed by atoms with van der Waals surface area (Å²) in [6.07, 6.45) is 0. The fraction of sp³-hybridized carbons (Fsp3) is 1.00. The zero-order valence-electron chi connectivity index (χ0n) is 10.4. The highest BCUT2D eigenvalue weighted by Crippen LogP contribution is 2.19. The van der Waals surface area contributed by atoms with Crippen LogP contribution in [0.1, 0.15) is 34.6 Å². The van der Waals surface area contributed by atoms with E-state index in [1.54, 1.807) is 6.92 Å². The van der Waals surface area contributed by atoms with Gasteiger partial charge in [0.25, 0.3) is 10.2 Å². The summed E-state index contributed by atoms with van der Waals surface area (Å²) >= 11 is 0. The van der Waals surface area contributed by atoms with E-state index in [1.165, 1.54) is 0 Å². The third-order valence-corrected chi connectivity index (χ3v) is 3.77. The molecule has 15 heavy (non-hydrogen) atoms. The van der Waals surface area contributed by atoms with Crippen LogP contribution < -0.4 is 9.44 Å². The Bertz CT molecular complexity index is 253. The van der Waals surface area contributed by atoms with Crippen LogP contribution >= 0.6 is 0 Å². The van der Waals surface area contributed by atoms with Crippen molar-refractivity contribution in [2.24, 2.45) is 17.8 Å². The van der Waals surface area contributed by atoms with Gasteiger partial charge in [0.1, 0.15) is 0 Å². The summed E-state index contributed by atoms with van der Waals surface area (Å²) in [5, 5.41) is 0. The summed E-state index contributed by atoms with van der Waals surface area (Å²) in [4.78, 5) is 0. The van der Waals surface area contributed by atoms with Crippen molar-refractivity contribution in [3.8, 4) is 0 Å². The first-order valence-corrected chi connectivity index (χ1v) is 7.02. The first kappa shape index (κ1) is 14.9. The van der Waals surface area contributed by atoms with Gasteiger partial charge in [-0.2, -0.15) is 8.42 Å². The molecule has 0 aromatic heterocycles. The lowest BCUT2D eigenvalue weighted by Crippen LogP contribution is -2.40. The molecule has 0 aromatic rings. The van der Waals surface area contributed by atoms with Crippen molar-refractivity contribution in [1.82, 2.24) is 9.44 Å². The van der Waals surface area contributed by atoms with Crippen LogP contribution in [-0.4, -0.2) is 21.5 Å². The lowest BCUT2D eigenvalue weighted by atomic mass is 9.86. The van der Waals surface area contributed by atoms with Crippen LogP contribution in [0.3, 0.4) is 0 Å². The molecule has 0 radical (unpaired) electrons. The number of hydrogen-bond acceptors (Lipinski definition) is 2. The topological polar surface area (TPSA) is 58.2 Å². The lowest BCUT2D eigenvalue weighted by Gasteiger charge is -2.24. The maximum absolute atomic E-state index is 11.4. The standard InChI is InChI=1S/C10H24N2O2S/c1-6-11-15(13,14)12-7-10(8(2)3)9(4)5/h8-12H,6-7H2,1-5H3. The molecule has 0 unspecified atom stereocenters. The average Bonchev–Trinajstić information content (AvgIpc) is 2.01. The summed E-state index contributed by atoms with van der Waals surface area (Å²) < 4.78 is 27.7. The highest BCUT2D eigenvalue weighted by atomic mass is 32.2. The van der Waals surface area contributed by atoms with Crippen molar-refractivity contribution in [3.63, 3.8) is 0 Å². The Labute approximate surface area is 94.0 Å². The van der Waals surface area contributed by atoms with E-state index in [0.717, 1.165) is 0 Å². The lowest BCUT2D eigenvalue weighted by molar-refractivity contribution is 0.289. The Balaban J connectivity index is 4.22. The van der Waals surface area contributed by atoms with Gasteiger partial charge in [0.15, 0.2) is 0 Å². The van der Waals surface area contributed by atoms with Crippen LogP contribution in [0.25, 0.3) is 0 Å². The average molecular weight is 236 g/mol. The predicted molar refractivity (Wildman–Crippen MR) is 63.8 cm³/mol. The molecule has 0 bridgehead atoms. The second kappa shape index (κ2) is 6.45. The molecule has 5 heteroatoms. The highest BCUT2D eigenvalue weighted by molar-refractivity contribution is 7.87. The fourth-order valence-corrected chi connectivity index (χ4v) is 2.58. The van der Waals surface area contributed by atoms with E-state index in [9.17, 15) is 8.42 Å². The van der Waals surface area contributed by atoms with Crippen LogP contribution in [0.15, 0.2) is 0 Å². The quantitative estimate of drug-likeness (QED) is 0.701. The van der Waals surface area contributed by atoms with E-state index in [1.807, 2.05) is 0 Å². The summed E-state index contributed by atoms with van der Waals surface area (Å²) in [6.45, 7) is 11.2. The van der Waals surface area contributed by atoms with E-state index < -0.39 is 10.2 Å². The summed E-state index contributed by atoms with van der Waals surface area (Å²) in [5.74, 6) is 1.34. The molecule has 0 aliphatic rings. The van der Waals surface area contributed by atoms with Gasteiger partial charge < -0.3 is 0 Å². The molecule has 0 saturated carbocycles. The molecule has 0 heterocycles. The van der Waals surface area contributed by atoms with Crippen LogP contribution in [-0.2, 0) is 10.2 Å². The van der Waals surface area contributed by atoms with E-state index in [-0.39, 0.29) is 0 Å². The Morgan fingerprint density at radius 2 is 1.47 bits per heavy atom. The predicted octanol–water partition coefficient (Wildman–Crippen LogP) is 1.36. The van der Waals surface area contributed by atoms with Crippen molar-refractivity contribution in [2.45, 2.75) is 34.6 Å². The maximum atomic E-state index is 11.4. The molecule has 0 rings (SSSR count). The molecule has 0 aliphatic carbocycles. The minimum absolute atomic E-state index is 0.374. The minimum atomic E-state index is -3.29. The number of rotatable bonds is 7. The molecule has 0 spiro atoms. The van der Waals surface area contributed by atoms with Gasteiger partial charge in [-0.1, -0.05) is 34.6 Å². The first-order valence-electron chi connectivity index (χ1n) is 5.54. The van der Waals surface area contributed by atoms with E-state index in [0.29, 0.717) is 30.8 Å². The molecule has 92 valence electrons. The molecule has 0 atom stereocenters. The Morgan fingerprint density at radius 3 is 1.80 bits per heavy atom. The van der Waals surface area contributed by atoms with Gasteiger partial charge >= 0.3 is 0 Å². The largest absolute Gasteiger partial charge is 0.276 e. The molecular weight excluding hydrogens is 212 g/mol. The van der Waals surface area contributed by atoms with E-state index in [4.69, 9.17) is 0 Å². The van der Waals surface area contributed by atoms with Gasteiger partial charge in [-0.15, -0.1) is 0 Å². The van der Waals surface area contributed by atoms with Gasteiger partial charge in [0.05, 0.1) is 0 Å². The van der Waals surface area contributed by atoms with Gasteiger partial charge in [0, 0.05) is 13.1 Å². The molecular formula is C10H24N2O2S. The smallest absolute Gasteiger partial charge is 0.203 e. The SMILES string of the molecule is CCNS(=O)(=O)NCC(C(C)C)C(C)C. The highest BCUT2D eigenvalue weighted by Gasteiger charge is 2.19. The van der Waals surface area contributed by atoms with E-state index in [2.05, 4.69) is 37.1 Å². The van der Waals surface area contributed by atoms with Gasteiger partial charge in [-0.3, -0.25) is 0 Å². The normalized spacial score (nSPS) is 13.1. The molecule has 0 aromatic carbocycles. The monoisotopic (exact) mass is 236 g/mol. The van der Waals surface area contributed by atoms with Crippen LogP contribution in [0.4, 0.5) is 0 Å². The van der Waals surface area contributed by atoms with Crippen molar-refractivity contribution < 1.29 is 8.42 Å². The maximum Gasteiger partial charge on any atom is 0.276 e. The zero-order chi connectivity index (χ0) is 12.1. The molecule has 0 saturated heterocycles. The third kappa shape index (κ3) is 6.12. The summed E-state index contributed by atoms with van der Waals surface area (Å²) in [7, 11) is -3.29. The van der Waals surface area contributed by atoms with Gasteiger partial charge in [-0.05, 0) is 17.8 Å². The Kier molecular flexibility index (Phi) is 6.40. The third-order valence-electron chi connectivity index (χ3n) is 2.56. The Hall–Kier alpha value is -0.130. The molecule has 0 amide bonds. The first-order chi connectivity index (χ1) is 6.80. The van der Waals surface area contributed by atoms with Crippen molar-refractivity contribution in [2.75, 3.05) is 13.1 Å². The van der Waals surface area contributed by atoms with Crippen LogP contribution in [0.5, 0.6) is 0 Å². The van der Waals surface area contributed by atoms with E-state index >= 15 is 0 Å². The van der Waals surface area contributed by atoms with Crippen molar-refractivity contribution >= 4 is 10.2 Å². The molecule has 4 nitrogen and oxygen atoms in total. The van der Waals surface area contributed by atoms with Crippen LogP contribution in [0.2, 0.25) is 0 Å². The molecule has 0 fully saturated rings. The number of hydrogen-bond donors (Lipinski definition) is 2. The van der Waals surface area contributed by atoms with Crippen molar-refractivity contribution in [3.05, 3.63) is 0 Å².